The van der Waals surface area contributed by atoms with Crippen LogP contribution in [0.5, 0.6) is 11.5 Å². The predicted octanol–water partition coefficient (Wildman–Crippen LogP) is 6.26. The molecule has 10 heteroatoms. The molecular formula is C25H19Cl2NO6S. The van der Waals surface area contributed by atoms with Gasteiger partial charge in [-0.2, -0.15) is 0 Å². The highest BCUT2D eigenvalue weighted by atomic mass is 35.5. The first-order chi connectivity index (χ1) is 16.8. The molecule has 1 N–H and O–H groups in total. The third-order valence-corrected chi connectivity index (χ3v) is 7.21. The van der Waals surface area contributed by atoms with Gasteiger partial charge < -0.3 is 19.2 Å². The van der Waals surface area contributed by atoms with Gasteiger partial charge in [0.25, 0.3) is 5.91 Å². The van der Waals surface area contributed by atoms with Crippen LogP contribution in [0.1, 0.15) is 16.3 Å². The Bertz CT molecular complexity index is 1470. The lowest BCUT2D eigenvalue weighted by Crippen LogP contribution is -2.12. The van der Waals surface area contributed by atoms with E-state index in [1.165, 1.54) is 55.6 Å². The first kappa shape index (κ1) is 24.7. The smallest absolute Gasteiger partial charge is 0.291 e. The average Bonchev–Trinajstić information content (AvgIpc) is 3.33. The number of methoxy groups -OCH3 is 1. The van der Waals surface area contributed by atoms with Crippen molar-refractivity contribution < 1.29 is 27.1 Å². The summed E-state index contributed by atoms with van der Waals surface area (Å²) in [4.78, 5) is 12.8. The SMILES string of the molecule is COc1cc(NC(=O)c2ccc(COc3ccccc3Cl)o2)cc(S(=O)(=O)c2ccc(Cl)cc2)c1. The number of hydrogen-bond acceptors (Lipinski definition) is 6. The van der Waals surface area contributed by atoms with Crippen LogP contribution in [0.2, 0.25) is 10.0 Å². The topological polar surface area (TPSA) is 94.8 Å². The summed E-state index contributed by atoms with van der Waals surface area (Å²) in [5.41, 5.74) is 0.215. The number of furan rings is 1. The Morgan fingerprint density at radius 1 is 0.943 bits per heavy atom. The standard InChI is InChI=1S/C25H19Cl2NO6S/c1-32-19-12-17(13-21(14-19)35(30,31)20-9-6-16(26)7-10-20)28-25(29)24-11-8-18(34-24)15-33-23-5-3-2-4-22(23)27/h2-14H,15H2,1H3,(H,28,29). The molecule has 4 aromatic rings. The van der Waals surface area contributed by atoms with Crippen LogP contribution in [0.3, 0.4) is 0 Å². The van der Waals surface area contributed by atoms with Gasteiger partial charge in [-0.05, 0) is 60.7 Å². The monoisotopic (exact) mass is 531 g/mol. The molecule has 0 atom stereocenters. The van der Waals surface area contributed by atoms with E-state index < -0.39 is 15.7 Å². The number of ether oxygens (including phenoxy) is 2. The third-order valence-electron chi connectivity index (χ3n) is 4.90. The Hall–Kier alpha value is -3.46. The molecule has 180 valence electrons. The minimum absolute atomic E-state index is 0.0210. The number of anilines is 1. The number of nitrogens with one attached hydrogen (secondary N) is 1. The van der Waals surface area contributed by atoms with Crippen LogP contribution in [0.4, 0.5) is 5.69 Å². The van der Waals surface area contributed by atoms with Gasteiger partial charge in [0.2, 0.25) is 9.84 Å². The molecule has 3 aromatic carbocycles. The summed E-state index contributed by atoms with van der Waals surface area (Å²) in [6.07, 6.45) is 0. The summed E-state index contributed by atoms with van der Waals surface area (Å²) in [5, 5.41) is 3.51. The molecule has 0 aliphatic carbocycles. The molecule has 0 unspecified atom stereocenters. The van der Waals surface area contributed by atoms with Gasteiger partial charge >= 0.3 is 0 Å². The van der Waals surface area contributed by atoms with Gasteiger partial charge in [0, 0.05) is 16.8 Å². The number of benzene rings is 3. The number of carbonyl (C=O) groups is 1. The Balaban J connectivity index is 1.52. The number of carbonyl (C=O) groups excluding carboxylic acids is 1. The molecule has 1 heterocycles. The van der Waals surface area contributed by atoms with E-state index in [1.807, 2.05) is 0 Å². The molecule has 0 saturated carbocycles. The normalized spacial score (nSPS) is 11.2. The zero-order chi connectivity index (χ0) is 25.0. The van der Waals surface area contributed by atoms with Crippen LogP contribution in [0, 0.1) is 0 Å². The van der Waals surface area contributed by atoms with Crippen molar-refractivity contribution >= 4 is 44.6 Å². The van der Waals surface area contributed by atoms with Crippen molar-refractivity contribution in [2.45, 2.75) is 16.4 Å². The van der Waals surface area contributed by atoms with Gasteiger partial charge in [-0.25, -0.2) is 8.42 Å². The van der Waals surface area contributed by atoms with E-state index in [-0.39, 0.29) is 33.6 Å². The molecule has 0 fully saturated rings. The summed E-state index contributed by atoms with van der Waals surface area (Å²) in [6.45, 7) is 0.0691. The van der Waals surface area contributed by atoms with Gasteiger partial charge in [0.1, 0.15) is 23.9 Å². The highest BCUT2D eigenvalue weighted by molar-refractivity contribution is 7.91. The number of halogens is 2. The fourth-order valence-corrected chi connectivity index (χ4v) is 4.78. The maximum atomic E-state index is 13.1. The molecule has 35 heavy (non-hydrogen) atoms. The summed E-state index contributed by atoms with van der Waals surface area (Å²) in [6, 6.07) is 20.1. The second-order valence-corrected chi connectivity index (χ2v) is 10.1. The van der Waals surface area contributed by atoms with Crippen LogP contribution >= 0.6 is 23.2 Å². The van der Waals surface area contributed by atoms with E-state index in [9.17, 15) is 13.2 Å². The summed E-state index contributed by atoms with van der Waals surface area (Å²) >= 11 is 11.9. The molecule has 0 radical (unpaired) electrons. The Labute approximate surface area is 212 Å². The molecule has 4 rings (SSSR count). The van der Waals surface area contributed by atoms with Crippen LogP contribution in [-0.4, -0.2) is 21.4 Å². The van der Waals surface area contributed by atoms with Crippen LogP contribution in [0.25, 0.3) is 0 Å². The molecule has 0 saturated heterocycles. The van der Waals surface area contributed by atoms with E-state index in [4.69, 9.17) is 37.1 Å². The van der Waals surface area contributed by atoms with Gasteiger partial charge in [-0.15, -0.1) is 0 Å². The fraction of sp³-hybridized carbons (Fsp3) is 0.0800. The van der Waals surface area contributed by atoms with Gasteiger partial charge in [-0.1, -0.05) is 35.3 Å². The Kier molecular flexibility index (Phi) is 7.35. The lowest BCUT2D eigenvalue weighted by molar-refractivity contribution is 0.0992. The minimum Gasteiger partial charge on any atom is -0.497 e. The van der Waals surface area contributed by atoms with E-state index in [2.05, 4.69) is 5.32 Å². The van der Waals surface area contributed by atoms with E-state index >= 15 is 0 Å². The van der Waals surface area contributed by atoms with Crippen LogP contribution in [0.15, 0.2) is 93.1 Å². The van der Waals surface area contributed by atoms with Crippen molar-refractivity contribution in [3.05, 3.63) is 100 Å². The van der Waals surface area contributed by atoms with Crippen molar-refractivity contribution in [3.63, 3.8) is 0 Å². The van der Waals surface area contributed by atoms with Crippen molar-refractivity contribution in [1.29, 1.82) is 0 Å². The molecule has 1 amide bonds. The van der Waals surface area contributed by atoms with E-state index in [0.29, 0.717) is 21.6 Å². The lowest BCUT2D eigenvalue weighted by atomic mass is 10.3. The van der Waals surface area contributed by atoms with E-state index in [0.717, 1.165) is 0 Å². The molecule has 0 aliphatic rings. The maximum absolute atomic E-state index is 13.1. The van der Waals surface area contributed by atoms with Crippen molar-refractivity contribution in [1.82, 2.24) is 0 Å². The van der Waals surface area contributed by atoms with Gasteiger partial charge in [-0.3, -0.25) is 4.79 Å². The van der Waals surface area contributed by atoms with Crippen molar-refractivity contribution in [2.24, 2.45) is 0 Å². The number of hydrogen-bond donors (Lipinski definition) is 1. The summed E-state index contributed by atoms with van der Waals surface area (Å²) < 4.78 is 42.6. The summed E-state index contributed by atoms with van der Waals surface area (Å²) in [5.74, 6) is 0.600. The second kappa shape index (κ2) is 10.4. The van der Waals surface area contributed by atoms with Crippen molar-refractivity contribution in [2.75, 3.05) is 12.4 Å². The number of amides is 1. The number of sulfone groups is 1. The fourth-order valence-electron chi connectivity index (χ4n) is 3.15. The van der Waals surface area contributed by atoms with Crippen LogP contribution < -0.4 is 14.8 Å². The Morgan fingerprint density at radius 3 is 2.40 bits per heavy atom. The number of para-hydroxylation sites is 1. The zero-order valence-electron chi connectivity index (χ0n) is 18.3. The molecule has 0 bridgehead atoms. The minimum atomic E-state index is -3.89. The quantitative estimate of drug-likeness (QED) is 0.288. The molecular weight excluding hydrogens is 513 g/mol. The van der Waals surface area contributed by atoms with Crippen LogP contribution in [-0.2, 0) is 16.4 Å². The highest BCUT2D eigenvalue weighted by Gasteiger charge is 2.21. The first-order valence-electron chi connectivity index (χ1n) is 10.2. The predicted molar refractivity (Wildman–Crippen MR) is 132 cm³/mol. The van der Waals surface area contributed by atoms with Crippen molar-refractivity contribution in [3.8, 4) is 11.5 Å². The highest BCUT2D eigenvalue weighted by Crippen LogP contribution is 2.30. The lowest BCUT2D eigenvalue weighted by Gasteiger charge is -2.11. The molecule has 0 aliphatic heterocycles. The third kappa shape index (κ3) is 5.79. The molecule has 0 spiro atoms. The summed E-state index contributed by atoms with van der Waals surface area (Å²) in [7, 11) is -2.48. The largest absolute Gasteiger partial charge is 0.497 e. The molecule has 7 nitrogen and oxygen atoms in total. The average molecular weight is 532 g/mol. The Morgan fingerprint density at radius 2 is 1.69 bits per heavy atom. The van der Waals surface area contributed by atoms with Gasteiger partial charge in [0.05, 0.1) is 21.9 Å². The maximum Gasteiger partial charge on any atom is 0.291 e. The number of rotatable bonds is 8. The van der Waals surface area contributed by atoms with Gasteiger partial charge in [0.15, 0.2) is 5.76 Å². The second-order valence-electron chi connectivity index (χ2n) is 7.29. The first-order valence-corrected chi connectivity index (χ1v) is 12.5. The van der Waals surface area contributed by atoms with E-state index in [1.54, 1.807) is 30.3 Å². The zero-order valence-corrected chi connectivity index (χ0v) is 20.7. The molecule has 1 aromatic heterocycles.